The van der Waals surface area contributed by atoms with Crippen molar-refractivity contribution in [3.8, 4) is 0 Å². The molecule has 2 amide bonds. The predicted octanol–water partition coefficient (Wildman–Crippen LogP) is 4.66. The van der Waals surface area contributed by atoms with Crippen LogP contribution in [-0.2, 0) is 28.9 Å². The van der Waals surface area contributed by atoms with E-state index >= 15 is 0 Å². The van der Waals surface area contributed by atoms with E-state index in [-0.39, 0.29) is 0 Å². The first kappa shape index (κ1) is 24.2. The van der Waals surface area contributed by atoms with Gasteiger partial charge in [0.2, 0.25) is 11.8 Å². The standard InChI is InChI=1S/C28H18Cl3NO5/c29-16-11-9-15(10-12-16)21(33)14-37-22(34)13-32-25(35)23-24(26(32)36)28(31)18-6-2-1-5-17(18)27(23,30)19-7-3-4-8-20(19)28/h1-12,23-24H,13-14H2/t23-,24-,27?,28?/m1/s1. The average Bonchev–Trinajstić information content (AvgIpc) is 3.16. The minimum absolute atomic E-state index is 0.316. The summed E-state index contributed by atoms with van der Waals surface area (Å²) in [4.78, 5) is 50.6. The van der Waals surface area contributed by atoms with Crippen LogP contribution in [0, 0.1) is 11.8 Å². The van der Waals surface area contributed by atoms with Gasteiger partial charge < -0.3 is 4.74 Å². The fraction of sp³-hybridized carbons (Fsp3) is 0.214. The third kappa shape index (κ3) is 3.26. The van der Waals surface area contributed by atoms with Gasteiger partial charge in [0.15, 0.2) is 12.4 Å². The smallest absolute Gasteiger partial charge is 0.326 e. The second-order valence-electron chi connectivity index (χ2n) is 9.32. The predicted molar refractivity (Wildman–Crippen MR) is 137 cm³/mol. The second kappa shape index (κ2) is 8.42. The lowest BCUT2D eigenvalue weighted by Gasteiger charge is -2.54. The van der Waals surface area contributed by atoms with Gasteiger partial charge in [-0.15, -0.1) is 23.2 Å². The number of imide groups is 1. The van der Waals surface area contributed by atoms with E-state index in [9.17, 15) is 19.2 Å². The van der Waals surface area contributed by atoms with Gasteiger partial charge in [-0.25, -0.2) is 0 Å². The van der Waals surface area contributed by atoms with E-state index in [1.807, 2.05) is 48.5 Å². The number of ether oxygens (including phenoxy) is 1. The van der Waals surface area contributed by atoms with E-state index in [2.05, 4.69) is 0 Å². The summed E-state index contributed by atoms with van der Waals surface area (Å²) in [7, 11) is 0. The highest BCUT2D eigenvalue weighted by Gasteiger charge is 2.73. The molecule has 0 N–H and O–H groups in total. The number of benzene rings is 3. The van der Waals surface area contributed by atoms with Crippen LogP contribution >= 0.6 is 34.8 Å². The molecule has 3 aromatic rings. The fourth-order valence-corrected chi connectivity index (χ4v) is 7.14. The molecule has 9 heteroatoms. The van der Waals surface area contributed by atoms with Crippen molar-refractivity contribution in [2.45, 2.75) is 9.75 Å². The molecule has 4 aliphatic rings. The zero-order chi connectivity index (χ0) is 26.1. The molecule has 6 nitrogen and oxygen atoms in total. The van der Waals surface area contributed by atoms with E-state index in [4.69, 9.17) is 39.5 Å². The Morgan fingerprint density at radius 3 is 1.62 bits per heavy atom. The summed E-state index contributed by atoms with van der Waals surface area (Å²) >= 11 is 20.5. The first-order valence-electron chi connectivity index (χ1n) is 11.6. The zero-order valence-electron chi connectivity index (χ0n) is 19.1. The summed E-state index contributed by atoms with van der Waals surface area (Å²) in [6.45, 7) is -1.19. The van der Waals surface area contributed by atoms with Crippen LogP contribution in [0.1, 0.15) is 32.6 Å². The summed E-state index contributed by atoms with van der Waals surface area (Å²) in [6, 6.07) is 20.7. The van der Waals surface area contributed by atoms with E-state index in [0.717, 1.165) is 4.90 Å². The highest BCUT2D eigenvalue weighted by atomic mass is 35.5. The van der Waals surface area contributed by atoms with Gasteiger partial charge in [0.1, 0.15) is 16.3 Å². The van der Waals surface area contributed by atoms with Crippen molar-refractivity contribution in [3.05, 3.63) is 106 Å². The van der Waals surface area contributed by atoms with Gasteiger partial charge in [0.25, 0.3) is 0 Å². The van der Waals surface area contributed by atoms with Crippen molar-refractivity contribution < 1.29 is 23.9 Å². The second-order valence-corrected chi connectivity index (χ2v) is 11.0. The first-order chi connectivity index (χ1) is 17.7. The van der Waals surface area contributed by atoms with Crippen LogP contribution in [0.15, 0.2) is 72.8 Å². The normalized spacial score (nSPS) is 26.9. The fourth-order valence-electron chi connectivity index (χ4n) is 5.92. The summed E-state index contributed by atoms with van der Waals surface area (Å²) in [5.41, 5.74) is 3.00. The Hall–Kier alpha value is -3.19. The Labute approximate surface area is 227 Å². The molecule has 3 aliphatic carbocycles. The van der Waals surface area contributed by atoms with Crippen LogP contribution in [-0.4, -0.2) is 41.6 Å². The number of alkyl halides is 2. The summed E-state index contributed by atoms with van der Waals surface area (Å²) in [5.74, 6) is -4.54. The van der Waals surface area contributed by atoms with Crippen molar-refractivity contribution in [3.63, 3.8) is 0 Å². The molecule has 3 aromatic carbocycles. The van der Waals surface area contributed by atoms with Gasteiger partial charge in [-0.05, 0) is 46.5 Å². The van der Waals surface area contributed by atoms with Crippen LogP contribution < -0.4 is 0 Å². The molecule has 37 heavy (non-hydrogen) atoms. The highest BCUT2D eigenvalue weighted by molar-refractivity contribution is 6.36. The number of esters is 1. The van der Waals surface area contributed by atoms with Crippen LogP contribution in [0.3, 0.4) is 0 Å². The van der Waals surface area contributed by atoms with E-state index in [0.29, 0.717) is 32.8 Å². The molecule has 7 rings (SSSR count). The van der Waals surface area contributed by atoms with Gasteiger partial charge in [-0.1, -0.05) is 60.1 Å². The summed E-state index contributed by atoms with van der Waals surface area (Å²) < 4.78 is 5.11. The van der Waals surface area contributed by atoms with Gasteiger partial charge in [-0.3, -0.25) is 24.1 Å². The van der Waals surface area contributed by atoms with Gasteiger partial charge in [0, 0.05) is 10.6 Å². The average molecular weight is 555 g/mol. The molecule has 186 valence electrons. The molecular formula is C28H18Cl3NO5. The number of hydrogen-bond donors (Lipinski definition) is 0. The van der Waals surface area contributed by atoms with Gasteiger partial charge in [-0.2, -0.15) is 0 Å². The molecule has 1 aliphatic heterocycles. The van der Waals surface area contributed by atoms with Gasteiger partial charge >= 0.3 is 5.97 Å². The van der Waals surface area contributed by atoms with Crippen molar-refractivity contribution >= 4 is 58.4 Å². The Balaban J connectivity index is 1.30. The lowest BCUT2D eigenvalue weighted by atomic mass is 9.54. The minimum atomic E-state index is -1.33. The Morgan fingerprint density at radius 2 is 1.19 bits per heavy atom. The molecule has 0 radical (unpaired) electrons. The maximum absolute atomic E-state index is 13.7. The van der Waals surface area contributed by atoms with E-state index < -0.39 is 58.3 Å². The van der Waals surface area contributed by atoms with Crippen molar-refractivity contribution in [2.75, 3.05) is 13.2 Å². The molecule has 0 aromatic heterocycles. The molecule has 0 saturated carbocycles. The van der Waals surface area contributed by atoms with Crippen molar-refractivity contribution in [2.24, 2.45) is 11.8 Å². The molecular weight excluding hydrogens is 537 g/mol. The van der Waals surface area contributed by atoms with Crippen molar-refractivity contribution in [1.29, 1.82) is 0 Å². The lowest BCUT2D eigenvalue weighted by molar-refractivity contribution is -0.152. The Morgan fingerprint density at radius 1 is 0.757 bits per heavy atom. The first-order valence-corrected chi connectivity index (χ1v) is 12.7. The number of amides is 2. The maximum atomic E-state index is 13.7. The van der Waals surface area contributed by atoms with Gasteiger partial charge in [0.05, 0.1) is 11.8 Å². The number of hydrogen-bond acceptors (Lipinski definition) is 5. The molecule has 2 bridgehead atoms. The molecule has 0 unspecified atom stereocenters. The summed E-state index contributed by atoms with van der Waals surface area (Å²) in [5, 5.41) is 0.466. The lowest BCUT2D eigenvalue weighted by Crippen LogP contribution is -2.57. The number of carbonyl (C=O) groups excluding carboxylic acids is 4. The molecule has 0 spiro atoms. The van der Waals surface area contributed by atoms with Crippen LogP contribution in [0.5, 0.6) is 0 Å². The Bertz CT molecular complexity index is 1380. The molecule has 2 atom stereocenters. The quantitative estimate of drug-likeness (QED) is 0.198. The molecule has 1 saturated heterocycles. The Kier molecular flexibility index (Phi) is 5.50. The topological polar surface area (TPSA) is 80.8 Å². The zero-order valence-corrected chi connectivity index (χ0v) is 21.4. The molecule has 1 heterocycles. The summed E-state index contributed by atoms with van der Waals surface area (Å²) in [6.07, 6.45) is 0. The minimum Gasteiger partial charge on any atom is -0.456 e. The van der Waals surface area contributed by atoms with Crippen LogP contribution in [0.4, 0.5) is 0 Å². The third-order valence-electron chi connectivity index (χ3n) is 7.49. The maximum Gasteiger partial charge on any atom is 0.326 e. The number of halogens is 3. The number of ketones is 1. The number of Topliss-reactive ketones (excluding diaryl/α,β-unsaturated/α-hetero) is 1. The van der Waals surface area contributed by atoms with Crippen LogP contribution in [0.2, 0.25) is 5.02 Å². The van der Waals surface area contributed by atoms with E-state index in [1.165, 1.54) is 12.1 Å². The number of rotatable bonds is 5. The number of carbonyl (C=O) groups is 4. The SMILES string of the molecule is O=C(CN1C(=O)[C@H]2[C@H](C1=O)C1(Cl)c3ccccc3C2(Cl)c2ccccc21)OCC(=O)c1ccc(Cl)cc1. The third-order valence-corrected chi connectivity index (χ3v) is 9.03. The highest BCUT2D eigenvalue weighted by Crippen LogP contribution is 2.69. The monoisotopic (exact) mass is 553 g/mol. The number of likely N-dealkylation sites (tertiary alicyclic amines) is 1. The number of nitrogens with zero attached hydrogens (tertiary/aromatic N) is 1. The van der Waals surface area contributed by atoms with E-state index in [1.54, 1.807) is 12.1 Å². The molecule has 1 fully saturated rings. The van der Waals surface area contributed by atoms with Crippen LogP contribution in [0.25, 0.3) is 0 Å². The largest absolute Gasteiger partial charge is 0.456 e. The van der Waals surface area contributed by atoms with Crippen molar-refractivity contribution in [1.82, 2.24) is 4.90 Å².